The molecule has 1 saturated heterocycles. The summed E-state index contributed by atoms with van der Waals surface area (Å²) >= 11 is 0. The van der Waals surface area contributed by atoms with Gasteiger partial charge in [-0.25, -0.2) is 9.48 Å². The number of fused-ring (bicyclic) bond motifs is 2. The van der Waals surface area contributed by atoms with Crippen LogP contribution in [-0.4, -0.2) is 87.6 Å². The molecule has 7 atom stereocenters. The van der Waals surface area contributed by atoms with Crippen molar-refractivity contribution in [3.8, 4) is 11.5 Å². The molecule has 6 rings (SSSR count). The van der Waals surface area contributed by atoms with Crippen LogP contribution in [0.25, 0.3) is 0 Å². The van der Waals surface area contributed by atoms with Crippen molar-refractivity contribution in [3.05, 3.63) is 72.6 Å². The van der Waals surface area contributed by atoms with Crippen LogP contribution < -0.4 is 9.47 Å². The van der Waals surface area contributed by atoms with Crippen molar-refractivity contribution in [2.24, 2.45) is 22.9 Å². The van der Waals surface area contributed by atoms with Gasteiger partial charge in [0.1, 0.15) is 29.7 Å². The standard InChI is InChI=1S/C42H58N4O9/c1-6-21-50-29-17-18-35-32(25-29)38-30(15-9-12-20-48)28(14-8-11-19-47)24-31-33(44-55-37-16-10-13-23-51-37)26-36(42(53-35,39(31)38)52-22-7-2)46-34(27-43-45-46)40(49)54-41(3,4)5/h6-7,17-18,24-25,27-28,30,36-39,47-48H,1-2,8-16,19-23,26H2,3-5H3/t28-,30+,36-,37?,38+,39+,42+/m0/s1. The first-order chi connectivity index (χ1) is 26.6. The predicted octanol–water partition coefficient (Wildman–Crippen LogP) is 6.83. The quantitative estimate of drug-likeness (QED) is 0.0711. The lowest BCUT2D eigenvalue weighted by Crippen LogP contribution is -2.63. The first-order valence-electron chi connectivity index (χ1n) is 19.9. The maximum absolute atomic E-state index is 13.8. The summed E-state index contributed by atoms with van der Waals surface area (Å²) in [6.45, 7) is 14.6. The highest BCUT2D eigenvalue weighted by Crippen LogP contribution is 2.63. The van der Waals surface area contributed by atoms with Gasteiger partial charge in [0.25, 0.3) is 0 Å². The molecule has 2 fully saturated rings. The average molecular weight is 763 g/mol. The van der Waals surface area contributed by atoms with Gasteiger partial charge in [0.15, 0.2) is 5.69 Å². The first-order valence-corrected chi connectivity index (χ1v) is 19.9. The monoisotopic (exact) mass is 762 g/mol. The zero-order chi connectivity index (χ0) is 39.0. The van der Waals surface area contributed by atoms with E-state index in [0.29, 0.717) is 43.3 Å². The van der Waals surface area contributed by atoms with E-state index in [1.165, 1.54) is 6.20 Å². The summed E-state index contributed by atoms with van der Waals surface area (Å²) in [5, 5.41) is 33.3. The number of esters is 1. The van der Waals surface area contributed by atoms with E-state index in [2.05, 4.69) is 35.6 Å². The molecule has 55 heavy (non-hydrogen) atoms. The molecule has 0 amide bonds. The number of benzene rings is 1. The van der Waals surface area contributed by atoms with Crippen LogP contribution in [0, 0.1) is 17.8 Å². The number of nitrogens with zero attached hydrogens (tertiary/aromatic N) is 4. The lowest BCUT2D eigenvalue weighted by atomic mass is 9.55. The van der Waals surface area contributed by atoms with E-state index in [1.54, 1.807) is 16.8 Å². The number of rotatable bonds is 18. The Balaban J connectivity index is 1.59. The van der Waals surface area contributed by atoms with E-state index in [0.717, 1.165) is 56.1 Å². The summed E-state index contributed by atoms with van der Waals surface area (Å²) < 4.78 is 33.6. The number of aliphatic hydroxyl groups excluding tert-OH is 2. The minimum atomic E-state index is -1.42. The summed E-state index contributed by atoms with van der Waals surface area (Å²) in [7, 11) is 0. The molecule has 0 spiro atoms. The third-order valence-corrected chi connectivity index (χ3v) is 10.9. The van der Waals surface area contributed by atoms with Crippen LogP contribution in [0.1, 0.15) is 113 Å². The Morgan fingerprint density at radius 3 is 2.58 bits per heavy atom. The normalized spacial score (nSPS) is 27.9. The summed E-state index contributed by atoms with van der Waals surface area (Å²) in [6, 6.07) is 5.10. The van der Waals surface area contributed by atoms with Gasteiger partial charge in [0, 0.05) is 37.5 Å². The largest absolute Gasteiger partial charge is 0.490 e. The van der Waals surface area contributed by atoms with Crippen molar-refractivity contribution in [2.45, 2.75) is 115 Å². The molecule has 2 N–H and O–H groups in total. The Morgan fingerprint density at radius 2 is 1.87 bits per heavy atom. The number of allylic oxidation sites excluding steroid dienone is 1. The maximum Gasteiger partial charge on any atom is 0.358 e. The van der Waals surface area contributed by atoms with Gasteiger partial charge in [-0.3, -0.25) is 0 Å². The second-order valence-electron chi connectivity index (χ2n) is 15.8. The van der Waals surface area contributed by atoms with Crippen LogP contribution in [0.3, 0.4) is 0 Å². The van der Waals surface area contributed by atoms with Crippen molar-refractivity contribution in [1.29, 1.82) is 0 Å². The summed E-state index contributed by atoms with van der Waals surface area (Å²) in [5.41, 5.74) is 1.99. The Labute approximate surface area is 324 Å². The minimum absolute atomic E-state index is 0.0756. The van der Waals surface area contributed by atoms with Crippen LogP contribution in [0.15, 0.2) is 66.5 Å². The summed E-state index contributed by atoms with van der Waals surface area (Å²) in [5.74, 6) is -1.16. The molecular weight excluding hydrogens is 704 g/mol. The molecule has 2 aliphatic carbocycles. The number of aromatic nitrogens is 3. The fourth-order valence-corrected chi connectivity index (χ4v) is 8.69. The van der Waals surface area contributed by atoms with Gasteiger partial charge in [-0.2, -0.15) is 0 Å². The molecule has 3 heterocycles. The third-order valence-electron chi connectivity index (χ3n) is 10.9. The van der Waals surface area contributed by atoms with Crippen molar-refractivity contribution >= 4 is 11.7 Å². The zero-order valence-corrected chi connectivity index (χ0v) is 32.6. The number of hydrogen-bond acceptors (Lipinski definition) is 12. The van der Waals surface area contributed by atoms with E-state index >= 15 is 0 Å². The fraction of sp³-hybridized carbons (Fsp3) is 0.619. The molecule has 13 heteroatoms. The van der Waals surface area contributed by atoms with Crippen molar-refractivity contribution < 1.29 is 43.5 Å². The molecule has 1 saturated carbocycles. The van der Waals surface area contributed by atoms with Gasteiger partial charge >= 0.3 is 5.97 Å². The molecule has 4 aliphatic rings. The predicted molar refractivity (Wildman–Crippen MR) is 206 cm³/mol. The minimum Gasteiger partial charge on any atom is -0.490 e. The molecule has 300 valence electrons. The number of carbonyl (C=O) groups is 1. The number of hydrogen-bond donors (Lipinski definition) is 2. The molecule has 13 nitrogen and oxygen atoms in total. The molecule has 1 aromatic heterocycles. The average Bonchev–Trinajstić information content (AvgIpc) is 3.66. The topological polar surface area (TPSA) is 156 Å². The van der Waals surface area contributed by atoms with E-state index < -0.39 is 35.6 Å². The third kappa shape index (κ3) is 9.01. The molecule has 1 unspecified atom stereocenters. The van der Waals surface area contributed by atoms with Gasteiger partial charge in [-0.15, -0.1) is 11.7 Å². The molecule has 1 aromatic carbocycles. The highest BCUT2D eigenvalue weighted by Gasteiger charge is 2.65. The second-order valence-corrected chi connectivity index (χ2v) is 15.8. The van der Waals surface area contributed by atoms with Crippen molar-refractivity contribution in [3.63, 3.8) is 0 Å². The number of oxime groups is 1. The lowest BCUT2D eigenvalue weighted by Gasteiger charge is -2.58. The number of ether oxygens (including phenoxy) is 5. The molecular formula is C42H58N4O9. The Bertz CT molecular complexity index is 1690. The Morgan fingerprint density at radius 1 is 1.09 bits per heavy atom. The summed E-state index contributed by atoms with van der Waals surface area (Å²) in [6.07, 6.45) is 14.2. The first kappa shape index (κ1) is 40.6. The molecule has 2 aromatic rings. The van der Waals surface area contributed by atoms with Crippen LogP contribution >= 0.6 is 0 Å². The smallest absolute Gasteiger partial charge is 0.358 e. The highest BCUT2D eigenvalue weighted by molar-refractivity contribution is 6.02. The number of aliphatic hydroxyl groups is 2. The SMILES string of the molecule is C=CCOc1ccc2c(c1)[C@H]1[C@H](CCCCO)[C@@H](CCCCO)C=C3C(=NOC4CCCCO4)C[C@H](n4nncc4C(=O)OC(C)(C)C)[C@@](OCC=C)(O2)[C@H]31. The maximum atomic E-state index is 13.8. The van der Waals surface area contributed by atoms with Gasteiger partial charge < -0.3 is 38.7 Å². The van der Waals surface area contributed by atoms with Crippen molar-refractivity contribution in [1.82, 2.24) is 15.0 Å². The molecule has 2 aliphatic heterocycles. The molecule has 0 bridgehead atoms. The van der Waals surface area contributed by atoms with E-state index in [9.17, 15) is 15.0 Å². The number of unbranched alkanes of at least 4 members (excludes halogenated alkanes) is 2. The lowest BCUT2D eigenvalue weighted by molar-refractivity contribution is -0.252. The molecule has 0 radical (unpaired) electrons. The summed E-state index contributed by atoms with van der Waals surface area (Å²) in [4.78, 5) is 20.0. The van der Waals surface area contributed by atoms with Crippen LogP contribution in [0.2, 0.25) is 0 Å². The highest BCUT2D eigenvalue weighted by atomic mass is 16.8. The Hall–Kier alpha value is -4.04. The number of carbonyl (C=O) groups excluding carboxylic acids is 1. The van der Waals surface area contributed by atoms with E-state index in [4.69, 9.17) is 33.7 Å². The van der Waals surface area contributed by atoms with Crippen molar-refractivity contribution in [2.75, 3.05) is 33.0 Å². The van der Waals surface area contributed by atoms with Crippen LogP contribution in [0.4, 0.5) is 0 Å². The van der Waals surface area contributed by atoms with Gasteiger partial charge in [-0.05, 0) is 94.9 Å². The van der Waals surface area contributed by atoms with Gasteiger partial charge in [0.05, 0.1) is 31.0 Å². The van der Waals surface area contributed by atoms with Crippen LogP contribution in [0.5, 0.6) is 11.5 Å². The fourth-order valence-electron chi connectivity index (χ4n) is 8.69. The van der Waals surface area contributed by atoms with E-state index in [1.807, 2.05) is 32.9 Å². The van der Waals surface area contributed by atoms with Gasteiger partial charge in [-0.1, -0.05) is 48.0 Å². The van der Waals surface area contributed by atoms with E-state index in [-0.39, 0.29) is 49.7 Å². The van der Waals surface area contributed by atoms with Crippen LogP contribution in [-0.2, 0) is 19.0 Å². The second kappa shape index (κ2) is 18.3. The Kier molecular flexibility index (Phi) is 13.5. The van der Waals surface area contributed by atoms with Gasteiger partial charge in [0.2, 0.25) is 12.1 Å². The zero-order valence-electron chi connectivity index (χ0n) is 32.6.